The SMILES string of the molecule is [La].[Ni].[O]=[Fe]. The van der Waals surface area contributed by atoms with Gasteiger partial charge in [0.15, 0.2) is 0 Å². The summed E-state index contributed by atoms with van der Waals surface area (Å²) in [5.41, 5.74) is 0. The molecular formula is FeLaNiO. The van der Waals surface area contributed by atoms with E-state index in [9.17, 15) is 0 Å². The van der Waals surface area contributed by atoms with Gasteiger partial charge in [-0.2, -0.15) is 0 Å². The van der Waals surface area contributed by atoms with Crippen molar-refractivity contribution in [3.8, 4) is 0 Å². The fourth-order valence-corrected chi connectivity index (χ4v) is 0. The Bertz CT molecular complexity index is 8.00. The van der Waals surface area contributed by atoms with Crippen LogP contribution in [0.4, 0.5) is 0 Å². The van der Waals surface area contributed by atoms with Gasteiger partial charge in [-0.25, -0.2) is 0 Å². The molecule has 4 heteroatoms. The van der Waals surface area contributed by atoms with Crippen LogP contribution in [0.2, 0.25) is 0 Å². The Morgan fingerprint density at radius 1 is 1.25 bits per heavy atom. The van der Waals surface area contributed by atoms with Crippen LogP contribution in [0.15, 0.2) is 0 Å². The van der Waals surface area contributed by atoms with Crippen LogP contribution in [0.25, 0.3) is 0 Å². The van der Waals surface area contributed by atoms with E-state index < -0.39 is 0 Å². The van der Waals surface area contributed by atoms with Crippen molar-refractivity contribution in [1.82, 2.24) is 0 Å². The van der Waals surface area contributed by atoms with E-state index in [0.717, 1.165) is 0 Å². The fourth-order valence-electron chi connectivity index (χ4n) is 0. The normalized spacial score (nSPS) is 1.25. The third kappa shape index (κ3) is 8.99. The van der Waals surface area contributed by atoms with Crippen LogP contribution >= 0.6 is 0 Å². The molecule has 0 amide bonds. The van der Waals surface area contributed by atoms with E-state index in [-0.39, 0.29) is 52.1 Å². The second-order valence-corrected chi connectivity index (χ2v) is 0. The van der Waals surface area contributed by atoms with Gasteiger partial charge in [-0.1, -0.05) is 0 Å². The van der Waals surface area contributed by atoms with Gasteiger partial charge in [0, 0.05) is 52.1 Å². The molecule has 0 bridgehead atoms. The summed E-state index contributed by atoms with van der Waals surface area (Å²) >= 11 is 2.00. The van der Waals surface area contributed by atoms with Crippen LogP contribution in [0.3, 0.4) is 0 Å². The number of hydrogen-bond acceptors (Lipinski definition) is 1. The summed E-state index contributed by atoms with van der Waals surface area (Å²) in [4.78, 5) is 0. The van der Waals surface area contributed by atoms with Gasteiger partial charge >= 0.3 is 19.8 Å². The summed E-state index contributed by atoms with van der Waals surface area (Å²) < 4.78 is 8.00. The molecule has 0 aromatic heterocycles. The van der Waals surface area contributed by atoms with E-state index >= 15 is 0 Å². The van der Waals surface area contributed by atoms with E-state index in [1.165, 1.54) is 0 Å². The molecule has 1 radical (unpaired) electrons. The first-order chi connectivity index (χ1) is 1.00. The molecule has 0 atom stereocenters. The third-order valence-electron chi connectivity index (χ3n) is 0. The quantitative estimate of drug-likeness (QED) is 0.560. The molecule has 0 saturated heterocycles. The predicted molar refractivity (Wildman–Crippen MR) is 0.686 cm³/mol. The average molecular weight is 269 g/mol. The minimum atomic E-state index is 0. The summed E-state index contributed by atoms with van der Waals surface area (Å²) in [6.07, 6.45) is 0. The first kappa shape index (κ1) is 16.7. The van der Waals surface area contributed by atoms with Crippen molar-refractivity contribution in [2.45, 2.75) is 0 Å². The van der Waals surface area contributed by atoms with E-state index in [0.29, 0.717) is 0 Å². The monoisotopic (exact) mass is 269 g/mol. The Hall–Kier alpha value is 2.01. The molecule has 0 heterocycles. The van der Waals surface area contributed by atoms with Gasteiger partial charge in [-0.05, 0) is 0 Å². The van der Waals surface area contributed by atoms with Crippen molar-refractivity contribution in [3.05, 3.63) is 0 Å². The summed E-state index contributed by atoms with van der Waals surface area (Å²) in [6.45, 7) is 0. The van der Waals surface area contributed by atoms with Crippen molar-refractivity contribution < 1.29 is 71.9 Å². The molecule has 0 aliphatic carbocycles. The van der Waals surface area contributed by atoms with Crippen LogP contribution in [0.1, 0.15) is 0 Å². The zero-order valence-corrected chi connectivity index (χ0v) is 7.37. The Morgan fingerprint density at radius 3 is 1.25 bits per heavy atom. The number of hydrogen-bond donors (Lipinski definition) is 0. The average Bonchev–Trinajstić information content (AvgIpc) is 1.00. The summed E-state index contributed by atoms with van der Waals surface area (Å²) in [6, 6.07) is 0. The van der Waals surface area contributed by atoms with E-state index in [1.54, 1.807) is 0 Å². The van der Waals surface area contributed by atoms with Gasteiger partial charge in [-0.3, -0.25) is 0 Å². The summed E-state index contributed by atoms with van der Waals surface area (Å²) in [7, 11) is 0. The maximum absolute atomic E-state index is 8.00. The van der Waals surface area contributed by atoms with Gasteiger partial charge in [0.25, 0.3) is 0 Å². The topological polar surface area (TPSA) is 17.1 Å². The van der Waals surface area contributed by atoms with Crippen LogP contribution in [-0.4, -0.2) is 0 Å². The Balaban J connectivity index is -0.00000000500. The first-order valence-corrected chi connectivity index (χ1v) is 0.595. The molecule has 0 aliphatic rings. The second-order valence-electron chi connectivity index (χ2n) is 0. The zero-order chi connectivity index (χ0) is 2.00. The standard InChI is InChI=1S/Fe.La.Ni.O. The van der Waals surface area contributed by atoms with Gasteiger partial charge in [0.05, 0.1) is 0 Å². The molecule has 0 N–H and O–H groups in total. The molecule has 0 fully saturated rings. The van der Waals surface area contributed by atoms with Crippen molar-refractivity contribution in [2.24, 2.45) is 0 Å². The Morgan fingerprint density at radius 2 is 1.25 bits per heavy atom. The van der Waals surface area contributed by atoms with Gasteiger partial charge in [0.2, 0.25) is 0 Å². The molecule has 0 aromatic rings. The van der Waals surface area contributed by atoms with E-state index in [1.807, 2.05) is 15.9 Å². The molecular weight excluding hydrogens is 269 g/mol. The van der Waals surface area contributed by atoms with Crippen LogP contribution in [-0.2, 0) is 36.3 Å². The predicted octanol–water partition coefficient (Wildman–Crippen LogP) is -0.124. The second kappa shape index (κ2) is 20.0. The van der Waals surface area contributed by atoms with Crippen molar-refractivity contribution >= 4 is 0 Å². The molecule has 0 saturated carbocycles. The van der Waals surface area contributed by atoms with Crippen molar-refractivity contribution in [2.75, 3.05) is 0 Å². The van der Waals surface area contributed by atoms with Crippen molar-refractivity contribution in [1.29, 1.82) is 0 Å². The fraction of sp³-hybridized carbons (Fsp3) is 0. The minimum absolute atomic E-state index is 0. The van der Waals surface area contributed by atoms with Gasteiger partial charge in [-0.15, -0.1) is 0 Å². The molecule has 1 nitrogen and oxygen atoms in total. The molecule has 0 unspecified atom stereocenters. The Labute approximate surface area is 70.8 Å². The van der Waals surface area contributed by atoms with Crippen LogP contribution in [0, 0.1) is 35.6 Å². The summed E-state index contributed by atoms with van der Waals surface area (Å²) in [5.74, 6) is 0. The number of rotatable bonds is 0. The molecule has 4 heavy (non-hydrogen) atoms. The van der Waals surface area contributed by atoms with E-state index in [4.69, 9.17) is 3.83 Å². The zero-order valence-electron chi connectivity index (χ0n) is 1.66. The van der Waals surface area contributed by atoms with Crippen LogP contribution < -0.4 is 0 Å². The van der Waals surface area contributed by atoms with E-state index in [2.05, 4.69) is 0 Å². The molecule has 0 spiro atoms. The molecule has 0 aromatic carbocycles. The summed E-state index contributed by atoms with van der Waals surface area (Å²) in [5, 5.41) is 0. The molecule has 27 valence electrons. The first-order valence-electron chi connectivity index (χ1n) is 0.144. The molecule has 0 aliphatic heterocycles. The van der Waals surface area contributed by atoms with Gasteiger partial charge in [0.1, 0.15) is 0 Å². The van der Waals surface area contributed by atoms with Crippen LogP contribution in [0.5, 0.6) is 0 Å². The Kier molecular flexibility index (Phi) is 83.1. The van der Waals surface area contributed by atoms with Gasteiger partial charge < -0.3 is 0 Å². The van der Waals surface area contributed by atoms with Crippen molar-refractivity contribution in [3.63, 3.8) is 0 Å². The third-order valence-corrected chi connectivity index (χ3v) is 0. The molecule has 0 rings (SSSR count). The maximum atomic E-state index is 8.00.